The van der Waals surface area contributed by atoms with Crippen LogP contribution in [0.25, 0.3) is 0 Å². The standard InChI is InChI=1S/C14H23FN2S/c1-4-13(16)10-11-9-12(15)5-6-14(11)17(2)7-8-18-3/h5-6,9,13H,4,7-8,10,16H2,1-3H3. The highest BCUT2D eigenvalue weighted by atomic mass is 32.2. The van der Waals surface area contributed by atoms with Crippen LogP contribution < -0.4 is 10.6 Å². The summed E-state index contributed by atoms with van der Waals surface area (Å²) < 4.78 is 13.4. The van der Waals surface area contributed by atoms with Crippen molar-refractivity contribution in [2.24, 2.45) is 5.73 Å². The first-order valence-corrected chi connectivity index (χ1v) is 7.72. The minimum atomic E-state index is -0.185. The Kier molecular flexibility index (Phi) is 6.50. The monoisotopic (exact) mass is 270 g/mol. The molecule has 2 nitrogen and oxygen atoms in total. The molecule has 0 amide bonds. The third-order valence-electron chi connectivity index (χ3n) is 3.09. The molecule has 0 aromatic heterocycles. The summed E-state index contributed by atoms with van der Waals surface area (Å²) in [6, 6.07) is 5.08. The van der Waals surface area contributed by atoms with Crippen molar-refractivity contribution < 1.29 is 4.39 Å². The van der Waals surface area contributed by atoms with Gasteiger partial charge in [-0.25, -0.2) is 4.39 Å². The molecule has 1 aromatic carbocycles. The summed E-state index contributed by atoms with van der Waals surface area (Å²) in [7, 11) is 2.05. The van der Waals surface area contributed by atoms with Crippen molar-refractivity contribution in [3.63, 3.8) is 0 Å². The van der Waals surface area contributed by atoms with E-state index < -0.39 is 0 Å². The molecule has 0 aliphatic rings. The molecule has 102 valence electrons. The van der Waals surface area contributed by atoms with Gasteiger partial charge in [-0.05, 0) is 42.9 Å². The molecule has 4 heteroatoms. The molecule has 1 atom stereocenters. The largest absolute Gasteiger partial charge is 0.374 e. The van der Waals surface area contributed by atoms with Crippen molar-refractivity contribution >= 4 is 17.4 Å². The zero-order valence-corrected chi connectivity index (χ0v) is 12.3. The number of halogens is 1. The van der Waals surface area contributed by atoms with Crippen LogP contribution >= 0.6 is 11.8 Å². The van der Waals surface area contributed by atoms with Gasteiger partial charge in [0.05, 0.1) is 0 Å². The van der Waals surface area contributed by atoms with Crippen LogP contribution in [0.3, 0.4) is 0 Å². The maximum atomic E-state index is 13.4. The topological polar surface area (TPSA) is 29.3 Å². The Balaban J connectivity index is 2.88. The molecule has 0 aliphatic carbocycles. The van der Waals surface area contributed by atoms with E-state index >= 15 is 0 Å². The number of anilines is 1. The summed E-state index contributed by atoms with van der Waals surface area (Å²) in [6.45, 7) is 3.02. The molecule has 0 radical (unpaired) electrons. The summed E-state index contributed by atoms with van der Waals surface area (Å²) in [6.07, 6.45) is 3.73. The molecule has 1 unspecified atom stereocenters. The Morgan fingerprint density at radius 2 is 2.17 bits per heavy atom. The molecule has 0 fully saturated rings. The van der Waals surface area contributed by atoms with E-state index in [1.54, 1.807) is 6.07 Å². The lowest BCUT2D eigenvalue weighted by Gasteiger charge is -2.23. The fraction of sp³-hybridized carbons (Fsp3) is 0.571. The van der Waals surface area contributed by atoms with E-state index in [1.165, 1.54) is 6.07 Å². The van der Waals surface area contributed by atoms with E-state index in [0.29, 0.717) is 0 Å². The lowest BCUT2D eigenvalue weighted by atomic mass is 10.0. The molecule has 0 saturated carbocycles. The Morgan fingerprint density at radius 1 is 1.44 bits per heavy atom. The van der Waals surface area contributed by atoms with Gasteiger partial charge in [-0.1, -0.05) is 6.92 Å². The summed E-state index contributed by atoms with van der Waals surface area (Å²) in [5.74, 6) is 0.878. The lowest BCUT2D eigenvalue weighted by molar-refractivity contribution is 0.614. The minimum Gasteiger partial charge on any atom is -0.374 e. The second-order valence-corrected chi connectivity index (χ2v) is 5.55. The molecule has 0 saturated heterocycles. The SMILES string of the molecule is CCC(N)Cc1cc(F)ccc1N(C)CCSC. The fourth-order valence-electron chi connectivity index (χ4n) is 1.87. The molecule has 18 heavy (non-hydrogen) atoms. The van der Waals surface area contributed by atoms with E-state index in [-0.39, 0.29) is 11.9 Å². The molecule has 0 heterocycles. The fourth-order valence-corrected chi connectivity index (χ4v) is 2.32. The summed E-state index contributed by atoms with van der Waals surface area (Å²) >= 11 is 1.81. The van der Waals surface area contributed by atoms with Crippen LogP contribution in [0.4, 0.5) is 10.1 Å². The summed E-state index contributed by atoms with van der Waals surface area (Å²) in [4.78, 5) is 2.17. The van der Waals surface area contributed by atoms with Crippen molar-refractivity contribution in [3.05, 3.63) is 29.6 Å². The Hall–Kier alpha value is -0.740. The van der Waals surface area contributed by atoms with Gasteiger partial charge < -0.3 is 10.6 Å². The Bertz CT molecular complexity index is 371. The van der Waals surface area contributed by atoms with Crippen LogP contribution in [0.5, 0.6) is 0 Å². The molecule has 1 rings (SSSR count). The number of rotatable bonds is 7. The third-order valence-corrected chi connectivity index (χ3v) is 3.68. The summed E-state index contributed by atoms with van der Waals surface area (Å²) in [5.41, 5.74) is 8.08. The van der Waals surface area contributed by atoms with Gasteiger partial charge in [0.25, 0.3) is 0 Å². The van der Waals surface area contributed by atoms with Gasteiger partial charge in [-0.15, -0.1) is 0 Å². The van der Waals surface area contributed by atoms with Gasteiger partial charge >= 0.3 is 0 Å². The quantitative estimate of drug-likeness (QED) is 0.826. The highest BCUT2D eigenvalue weighted by Gasteiger charge is 2.11. The Labute approximate surface area is 114 Å². The first-order valence-electron chi connectivity index (χ1n) is 6.32. The number of thioether (sulfide) groups is 1. The molecule has 0 spiro atoms. The first-order chi connectivity index (χ1) is 8.58. The van der Waals surface area contributed by atoms with E-state index in [9.17, 15) is 4.39 Å². The predicted molar refractivity (Wildman–Crippen MR) is 80.0 cm³/mol. The van der Waals surface area contributed by atoms with E-state index in [0.717, 1.165) is 36.4 Å². The first kappa shape index (κ1) is 15.3. The molecule has 0 aliphatic heterocycles. The average molecular weight is 270 g/mol. The number of hydrogen-bond acceptors (Lipinski definition) is 3. The van der Waals surface area contributed by atoms with Crippen LogP contribution in [0.1, 0.15) is 18.9 Å². The van der Waals surface area contributed by atoms with Crippen LogP contribution in [-0.4, -0.2) is 31.6 Å². The predicted octanol–water partition coefficient (Wildman–Crippen LogP) is 2.90. The van der Waals surface area contributed by atoms with Crippen molar-refractivity contribution in [1.29, 1.82) is 0 Å². The van der Waals surface area contributed by atoms with E-state index in [1.807, 2.05) is 24.9 Å². The minimum absolute atomic E-state index is 0.0968. The van der Waals surface area contributed by atoms with Gasteiger partial charge in [0.1, 0.15) is 5.82 Å². The van der Waals surface area contributed by atoms with Crippen molar-refractivity contribution in [1.82, 2.24) is 0 Å². The van der Waals surface area contributed by atoms with Crippen LogP contribution in [-0.2, 0) is 6.42 Å². The summed E-state index contributed by atoms with van der Waals surface area (Å²) in [5, 5.41) is 0. The van der Waals surface area contributed by atoms with Crippen LogP contribution in [0.15, 0.2) is 18.2 Å². The highest BCUT2D eigenvalue weighted by Crippen LogP contribution is 2.22. The second kappa shape index (κ2) is 7.64. The van der Waals surface area contributed by atoms with Gasteiger partial charge in [0.15, 0.2) is 0 Å². The molecule has 0 bridgehead atoms. The number of hydrogen-bond donors (Lipinski definition) is 1. The van der Waals surface area contributed by atoms with Gasteiger partial charge in [-0.3, -0.25) is 0 Å². The zero-order valence-electron chi connectivity index (χ0n) is 11.4. The Morgan fingerprint density at radius 3 is 2.78 bits per heavy atom. The van der Waals surface area contributed by atoms with Crippen molar-refractivity contribution in [3.8, 4) is 0 Å². The molecule has 2 N–H and O–H groups in total. The number of nitrogens with zero attached hydrogens (tertiary/aromatic N) is 1. The third kappa shape index (κ3) is 4.50. The highest BCUT2D eigenvalue weighted by molar-refractivity contribution is 7.98. The van der Waals surface area contributed by atoms with Crippen molar-refractivity contribution in [2.75, 3.05) is 30.5 Å². The van der Waals surface area contributed by atoms with Crippen molar-refractivity contribution in [2.45, 2.75) is 25.8 Å². The molecular formula is C14H23FN2S. The van der Waals surface area contributed by atoms with E-state index in [2.05, 4.69) is 18.1 Å². The maximum Gasteiger partial charge on any atom is 0.123 e. The maximum absolute atomic E-state index is 13.4. The molecule has 1 aromatic rings. The van der Waals surface area contributed by atoms with E-state index in [4.69, 9.17) is 5.73 Å². The second-order valence-electron chi connectivity index (χ2n) is 4.56. The van der Waals surface area contributed by atoms with Gasteiger partial charge in [0, 0.05) is 31.1 Å². The van der Waals surface area contributed by atoms with Crippen LogP contribution in [0.2, 0.25) is 0 Å². The molecular weight excluding hydrogens is 247 g/mol. The smallest absolute Gasteiger partial charge is 0.123 e. The van der Waals surface area contributed by atoms with Gasteiger partial charge in [0.2, 0.25) is 0 Å². The van der Waals surface area contributed by atoms with Crippen LogP contribution in [0, 0.1) is 5.82 Å². The number of nitrogens with two attached hydrogens (primary N) is 1. The number of benzene rings is 1. The zero-order chi connectivity index (χ0) is 13.5. The van der Waals surface area contributed by atoms with Gasteiger partial charge in [-0.2, -0.15) is 11.8 Å². The average Bonchev–Trinajstić information content (AvgIpc) is 2.36. The lowest BCUT2D eigenvalue weighted by Crippen LogP contribution is -2.25. The normalized spacial score (nSPS) is 12.5.